The lowest BCUT2D eigenvalue weighted by Crippen LogP contribution is -2.20. The highest BCUT2D eigenvalue weighted by molar-refractivity contribution is 7.53. The highest BCUT2D eigenvalue weighted by Gasteiger charge is 2.39. The Kier molecular flexibility index (Phi) is 3.51. The summed E-state index contributed by atoms with van der Waals surface area (Å²) in [6.45, 7) is 0. The number of hydrogen-bond acceptors (Lipinski definition) is 4. The van der Waals surface area contributed by atoms with Gasteiger partial charge in [0.15, 0.2) is 17.3 Å². The summed E-state index contributed by atoms with van der Waals surface area (Å²) in [6.07, 6.45) is 4.98. The Morgan fingerprint density at radius 2 is 1.56 bits per heavy atom. The zero-order valence-electron chi connectivity index (χ0n) is 13.8. The summed E-state index contributed by atoms with van der Waals surface area (Å²) in [5, 5.41) is 0.378. The van der Waals surface area contributed by atoms with Crippen LogP contribution in [0.4, 0.5) is 0 Å². The predicted octanol–water partition coefficient (Wildman–Crippen LogP) is 5.35. The van der Waals surface area contributed by atoms with Gasteiger partial charge in [0, 0.05) is 22.3 Å². The fourth-order valence-corrected chi connectivity index (χ4v) is 4.95. The van der Waals surface area contributed by atoms with Gasteiger partial charge in [-0.15, -0.1) is 0 Å². The Bertz CT molecular complexity index is 1160. The lowest BCUT2D eigenvalue weighted by Gasteiger charge is -2.23. The molecular formula is C20H11ClNO4P. The predicted molar refractivity (Wildman–Crippen MR) is 104 cm³/mol. The Morgan fingerprint density at radius 3 is 2.26 bits per heavy atom. The molecule has 0 bridgehead atoms. The average molecular weight is 396 g/mol. The normalized spacial score (nSPS) is 20.4. The molecule has 2 aromatic rings. The Hall–Kier alpha value is -2.88. The van der Waals surface area contributed by atoms with Crippen molar-refractivity contribution in [1.29, 1.82) is 0 Å². The number of rotatable bonds is 1. The van der Waals surface area contributed by atoms with Crippen molar-refractivity contribution in [3.63, 3.8) is 0 Å². The third-order valence-electron chi connectivity index (χ3n) is 4.42. The maximum atomic E-state index is 13.0. The average Bonchev–Trinajstić information content (AvgIpc) is 3.01. The van der Waals surface area contributed by atoms with Crippen molar-refractivity contribution in [2.45, 2.75) is 0 Å². The van der Waals surface area contributed by atoms with E-state index in [0.29, 0.717) is 38.8 Å². The van der Waals surface area contributed by atoms with E-state index in [2.05, 4.69) is 4.76 Å². The Balaban J connectivity index is 1.64. The van der Waals surface area contributed by atoms with Gasteiger partial charge in [0.05, 0.1) is 10.7 Å². The first-order valence-corrected chi connectivity index (χ1v) is 10.0. The van der Waals surface area contributed by atoms with Gasteiger partial charge < -0.3 is 9.05 Å². The van der Waals surface area contributed by atoms with Gasteiger partial charge in [-0.25, -0.2) is 4.57 Å². The molecular weight excluding hydrogens is 385 g/mol. The highest BCUT2D eigenvalue weighted by Crippen LogP contribution is 2.59. The summed E-state index contributed by atoms with van der Waals surface area (Å²) in [5.41, 5.74) is 2.27. The number of fused-ring (bicyclic) bond motifs is 3. The van der Waals surface area contributed by atoms with Crippen LogP contribution in [0.3, 0.4) is 0 Å². The molecule has 0 saturated carbocycles. The minimum atomic E-state index is -3.81. The maximum absolute atomic E-state index is 13.0. The van der Waals surface area contributed by atoms with Gasteiger partial charge in [-0.05, 0) is 18.2 Å². The van der Waals surface area contributed by atoms with E-state index in [-0.39, 0.29) is 11.5 Å². The molecule has 1 aliphatic heterocycles. The molecule has 5 nitrogen and oxygen atoms in total. The molecule has 0 atom stereocenters. The second kappa shape index (κ2) is 5.81. The van der Waals surface area contributed by atoms with E-state index >= 15 is 0 Å². The SMILES string of the molecule is O=C1C2=CC=C/C(=N\P3(=O)Oc4ccccc4O3)C2=C(Cl)c2ccccc21. The number of nitrogens with zero attached hydrogens (tertiary/aromatic N) is 1. The lowest BCUT2D eigenvalue weighted by molar-refractivity contribution is 0.103. The first kappa shape index (κ1) is 16.3. The molecule has 7 heteroatoms. The minimum Gasteiger partial charge on any atom is -0.395 e. The van der Waals surface area contributed by atoms with Crippen LogP contribution in [0.25, 0.3) is 5.03 Å². The number of carbonyl (C=O) groups is 1. The molecule has 0 unspecified atom stereocenters. The molecule has 1 heterocycles. The molecule has 2 aliphatic carbocycles. The highest BCUT2D eigenvalue weighted by atomic mass is 35.5. The number of hydrogen-bond donors (Lipinski definition) is 0. The largest absolute Gasteiger partial charge is 0.564 e. The second-order valence-electron chi connectivity index (χ2n) is 6.09. The number of Topliss-reactive ketones (excluding diaryl/α,β-unsaturated/α-hetero) is 1. The van der Waals surface area contributed by atoms with Gasteiger partial charge in [0.25, 0.3) is 0 Å². The Morgan fingerprint density at radius 1 is 0.926 bits per heavy atom. The molecule has 0 radical (unpaired) electrons. The fourth-order valence-electron chi connectivity index (χ4n) is 3.24. The lowest BCUT2D eigenvalue weighted by atomic mass is 9.82. The number of benzene rings is 2. The smallest absolute Gasteiger partial charge is 0.395 e. The van der Waals surface area contributed by atoms with E-state index in [1.54, 1.807) is 66.8 Å². The van der Waals surface area contributed by atoms with E-state index in [4.69, 9.17) is 20.6 Å². The van der Waals surface area contributed by atoms with Crippen LogP contribution in [-0.4, -0.2) is 11.5 Å². The molecule has 0 saturated heterocycles. The molecule has 0 N–H and O–H groups in total. The van der Waals surface area contributed by atoms with Crippen molar-refractivity contribution in [3.05, 3.63) is 89.0 Å². The van der Waals surface area contributed by atoms with E-state index in [9.17, 15) is 9.36 Å². The summed E-state index contributed by atoms with van der Waals surface area (Å²) in [7, 11) is -3.81. The number of para-hydroxylation sites is 2. The number of allylic oxidation sites excluding steroid dienone is 5. The summed E-state index contributed by atoms with van der Waals surface area (Å²) < 4.78 is 28.1. The Labute approximate surface area is 159 Å². The van der Waals surface area contributed by atoms with Crippen LogP contribution >= 0.6 is 19.3 Å². The summed E-state index contributed by atoms with van der Waals surface area (Å²) >= 11 is 6.60. The number of carbonyl (C=O) groups excluding carboxylic acids is 1. The second-order valence-corrected chi connectivity index (χ2v) is 7.97. The van der Waals surface area contributed by atoms with Crippen molar-refractivity contribution in [1.82, 2.24) is 0 Å². The third-order valence-corrected chi connectivity index (χ3v) is 6.13. The van der Waals surface area contributed by atoms with Gasteiger partial charge >= 0.3 is 7.75 Å². The van der Waals surface area contributed by atoms with Gasteiger partial charge in [-0.1, -0.05) is 60.2 Å². The van der Waals surface area contributed by atoms with Gasteiger partial charge in [0.1, 0.15) is 0 Å². The molecule has 2 aromatic carbocycles. The van der Waals surface area contributed by atoms with E-state index in [1.165, 1.54) is 0 Å². The quantitative estimate of drug-likeness (QED) is 0.610. The van der Waals surface area contributed by atoms with Crippen LogP contribution in [0.5, 0.6) is 11.5 Å². The van der Waals surface area contributed by atoms with Crippen LogP contribution in [-0.2, 0) is 4.57 Å². The molecule has 0 amide bonds. The number of halogens is 1. The van der Waals surface area contributed by atoms with E-state index < -0.39 is 7.75 Å². The summed E-state index contributed by atoms with van der Waals surface area (Å²) in [5.74, 6) is 0.577. The molecule has 132 valence electrons. The molecule has 0 spiro atoms. The van der Waals surface area contributed by atoms with Gasteiger partial charge in [0.2, 0.25) is 0 Å². The zero-order valence-corrected chi connectivity index (χ0v) is 15.4. The van der Waals surface area contributed by atoms with Crippen molar-refractivity contribution < 1.29 is 18.4 Å². The van der Waals surface area contributed by atoms with Crippen LogP contribution in [0.1, 0.15) is 15.9 Å². The van der Waals surface area contributed by atoms with Crippen molar-refractivity contribution in [3.8, 4) is 11.5 Å². The maximum Gasteiger partial charge on any atom is 0.564 e. The molecule has 0 fully saturated rings. The minimum absolute atomic E-state index is 0.156. The van der Waals surface area contributed by atoms with Crippen molar-refractivity contribution >= 4 is 35.9 Å². The van der Waals surface area contributed by atoms with Crippen LogP contribution < -0.4 is 9.05 Å². The first-order chi connectivity index (χ1) is 13.1. The van der Waals surface area contributed by atoms with Gasteiger partial charge in [-0.3, -0.25) is 4.79 Å². The van der Waals surface area contributed by atoms with E-state index in [1.807, 2.05) is 0 Å². The van der Waals surface area contributed by atoms with E-state index in [0.717, 1.165) is 0 Å². The standard InChI is InChI=1S/C20H11ClNO4P/c21-19-12-6-1-2-7-13(12)20(23)14-8-5-9-15(18(14)19)22-27(24)25-16-10-3-4-11-17(16)26-27/h1-11H/b22-15+. The molecule has 3 aliphatic rings. The van der Waals surface area contributed by atoms with Crippen molar-refractivity contribution in [2.75, 3.05) is 0 Å². The summed E-state index contributed by atoms with van der Waals surface area (Å²) in [6, 6.07) is 13.9. The monoisotopic (exact) mass is 395 g/mol. The molecule has 27 heavy (non-hydrogen) atoms. The zero-order chi connectivity index (χ0) is 18.6. The topological polar surface area (TPSA) is 65.0 Å². The molecule has 5 rings (SSSR count). The van der Waals surface area contributed by atoms with Crippen LogP contribution in [0.2, 0.25) is 0 Å². The van der Waals surface area contributed by atoms with Crippen molar-refractivity contribution in [2.24, 2.45) is 4.76 Å². The third kappa shape index (κ3) is 2.51. The van der Waals surface area contributed by atoms with Crippen LogP contribution in [0, 0.1) is 0 Å². The number of ketones is 1. The van der Waals surface area contributed by atoms with Crippen LogP contribution in [0.15, 0.2) is 82.7 Å². The summed E-state index contributed by atoms with van der Waals surface area (Å²) in [4.78, 5) is 12.9. The molecule has 0 aromatic heterocycles. The first-order valence-electron chi connectivity index (χ1n) is 8.17. The van der Waals surface area contributed by atoms with Gasteiger partial charge in [-0.2, -0.15) is 4.76 Å². The fraction of sp³-hybridized carbons (Fsp3) is 0.